The predicted molar refractivity (Wildman–Crippen MR) is 287 cm³/mol. The van der Waals surface area contributed by atoms with Gasteiger partial charge in [-0.15, -0.1) is 0 Å². The summed E-state index contributed by atoms with van der Waals surface area (Å²) in [6, 6.07) is 48.7. The van der Waals surface area contributed by atoms with Gasteiger partial charge < -0.3 is 14.2 Å². The summed E-state index contributed by atoms with van der Waals surface area (Å²) in [5, 5.41) is 0.651. The number of carbonyl (C=O) groups excluding carboxylic acids is 1. The molecule has 1 fully saturated rings. The third-order valence-electron chi connectivity index (χ3n) is 16.1. The minimum Gasteiger partial charge on any atom is -0.497 e. The number of fused-ring (bicyclic) bond motifs is 8. The highest BCUT2D eigenvalue weighted by molar-refractivity contribution is 6.10. The number of halogens is 2. The third-order valence-corrected chi connectivity index (χ3v) is 16.1. The molecule has 0 N–H and O–H groups in total. The second-order valence-electron chi connectivity index (χ2n) is 20.6. The number of ether oxygens (including phenoxy) is 3. The number of unbranched alkanes of at least 4 members (excludes halogenated alkanes) is 2. The SMILES string of the molecule is CCCCCC1CCC(c2ccc(-c3ccc(C(=O)c4ccc(-c5ccc6c(c5)-c5c(c7c(c8c(F)cc(F)cc58)OC(c5ccc(OC)cc5)(c5ccc(OC)cc5)C=C7)C6(C)C)cc4)cc3)cc2)CC1. The molecule has 0 bridgehead atoms. The summed E-state index contributed by atoms with van der Waals surface area (Å²) in [7, 11) is 3.24. The Morgan fingerprint density at radius 1 is 0.653 bits per heavy atom. The topological polar surface area (TPSA) is 44.8 Å². The first kappa shape index (κ1) is 47.0. The zero-order chi connectivity index (χ0) is 49.7. The van der Waals surface area contributed by atoms with Crippen molar-refractivity contribution < 1.29 is 27.8 Å². The van der Waals surface area contributed by atoms with Gasteiger partial charge in [-0.1, -0.05) is 162 Å². The summed E-state index contributed by atoms with van der Waals surface area (Å²) in [6.45, 7) is 6.60. The fourth-order valence-electron chi connectivity index (χ4n) is 12.1. The van der Waals surface area contributed by atoms with E-state index in [9.17, 15) is 4.79 Å². The van der Waals surface area contributed by atoms with E-state index in [1.807, 2.05) is 109 Å². The maximum atomic E-state index is 16.7. The predicted octanol–water partition coefficient (Wildman–Crippen LogP) is 17.2. The monoisotopic (exact) mass is 954 g/mol. The van der Waals surface area contributed by atoms with Crippen LogP contribution in [0.15, 0.2) is 158 Å². The van der Waals surface area contributed by atoms with Crippen molar-refractivity contribution in [3.63, 3.8) is 0 Å². The highest BCUT2D eigenvalue weighted by atomic mass is 19.1. The average Bonchev–Trinajstić information content (AvgIpc) is 3.66. The van der Waals surface area contributed by atoms with Crippen molar-refractivity contribution in [1.29, 1.82) is 0 Å². The van der Waals surface area contributed by atoms with Crippen molar-refractivity contribution in [3.05, 3.63) is 214 Å². The van der Waals surface area contributed by atoms with Gasteiger partial charge in [0.2, 0.25) is 0 Å². The molecular formula is C66H60F2O4. The number of methoxy groups -OCH3 is 2. The lowest BCUT2D eigenvalue weighted by atomic mass is 9.76. The van der Waals surface area contributed by atoms with Gasteiger partial charge in [0.1, 0.15) is 28.9 Å². The zero-order valence-electron chi connectivity index (χ0n) is 41.8. The number of carbonyl (C=O) groups is 1. The second kappa shape index (κ2) is 19.0. The molecule has 8 aromatic rings. The van der Waals surface area contributed by atoms with Gasteiger partial charge in [0.25, 0.3) is 0 Å². The lowest BCUT2D eigenvalue weighted by Gasteiger charge is -2.38. The van der Waals surface area contributed by atoms with Gasteiger partial charge in [0, 0.05) is 39.3 Å². The maximum Gasteiger partial charge on any atom is 0.193 e. The molecule has 1 heterocycles. The van der Waals surface area contributed by atoms with E-state index in [2.05, 4.69) is 63.2 Å². The normalized spacial score (nSPS) is 17.2. The van der Waals surface area contributed by atoms with Crippen LogP contribution in [0.2, 0.25) is 0 Å². The van der Waals surface area contributed by atoms with Crippen LogP contribution in [0.25, 0.3) is 50.2 Å². The molecule has 0 radical (unpaired) electrons. The van der Waals surface area contributed by atoms with Gasteiger partial charge in [-0.2, -0.15) is 0 Å². The summed E-state index contributed by atoms with van der Waals surface area (Å²) in [6.07, 6.45) is 14.8. The van der Waals surface area contributed by atoms with Gasteiger partial charge in [0.15, 0.2) is 11.4 Å². The quantitative estimate of drug-likeness (QED) is 0.0853. The van der Waals surface area contributed by atoms with Gasteiger partial charge in [-0.05, 0) is 135 Å². The first-order valence-electron chi connectivity index (χ1n) is 25.7. The zero-order valence-corrected chi connectivity index (χ0v) is 41.8. The van der Waals surface area contributed by atoms with Gasteiger partial charge in [0.05, 0.1) is 19.6 Å². The van der Waals surface area contributed by atoms with E-state index >= 15 is 8.78 Å². The Bertz CT molecular complexity index is 3300. The molecule has 8 aromatic carbocycles. The second-order valence-corrected chi connectivity index (χ2v) is 20.6. The highest BCUT2D eigenvalue weighted by Crippen LogP contribution is 2.59. The van der Waals surface area contributed by atoms with Crippen LogP contribution < -0.4 is 14.2 Å². The average molecular weight is 955 g/mol. The smallest absolute Gasteiger partial charge is 0.193 e. The third kappa shape index (κ3) is 8.29. The number of benzene rings is 8. The Kier molecular flexibility index (Phi) is 12.4. The van der Waals surface area contributed by atoms with Gasteiger partial charge in [-0.25, -0.2) is 8.78 Å². The Morgan fingerprint density at radius 2 is 1.21 bits per heavy atom. The van der Waals surface area contributed by atoms with E-state index in [1.54, 1.807) is 14.2 Å². The summed E-state index contributed by atoms with van der Waals surface area (Å²) in [4.78, 5) is 13.9. The molecule has 1 aliphatic heterocycles. The highest BCUT2D eigenvalue weighted by Gasteiger charge is 2.45. The molecule has 0 spiro atoms. The van der Waals surface area contributed by atoms with E-state index in [-0.39, 0.29) is 11.2 Å². The molecule has 72 heavy (non-hydrogen) atoms. The Labute approximate surface area is 422 Å². The van der Waals surface area contributed by atoms with Crippen LogP contribution in [-0.4, -0.2) is 20.0 Å². The number of rotatable bonds is 13. The van der Waals surface area contributed by atoms with E-state index < -0.39 is 22.7 Å². The van der Waals surface area contributed by atoms with E-state index in [1.165, 1.54) is 63.0 Å². The van der Waals surface area contributed by atoms with Crippen LogP contribution >= 0.6 is 0 Å². The Morgan fingerprint density at radius 3 is 1.78 bits per heavy atom. The van der Waals surface area contributed by atoms with Crippen LogP contribution in [0, 0.1) is 17.6 Å². The molecular weight excluding hydrogens is 895 g/mol. The summed E-state index contributed by atoms with van der Waals surface area (Å²) >= 11 is 0. The Balaban J connectivity index is 0.879. The van der Waals surface area contributed by atoms with E-state index in [0.29, 0.717) is 39.7 Å². The molecule has 0 unspecified atom stereocenters. The molecule has 11 rings (SSSR count). The summed E-state index contributed by atoms with van der Waals surface area (Å²) in [5.41, 5.74) is 11.0. The van der Waals surface area contributed by atoms with Crippen molar-refractivity contribution in [2.45, 2.75) is 89.1 Å². The van der Waals surface area contributed by atoms with Crippen molar-refractivity contribution in [1.82, 2.24) is 0 Å². The maximum absolute atomic E-state index is 16.7. The number of ketones is 1. The standard InChI is InChI=1S/C66H60F2O4/c1-6-7-8-9-41-10-12-42(13-11-41)43-14-16-44(17-15-43)45-18-22-47(23-19-45)63(69)48-24-20-46(21-25-48)49-26-35-58-56(38-49)60-57-39-52(67)40-59(68)61(57)64-55(62(60)65(58,2)3)36-37-66(72-64,50-27-31-53(70-4)32-28-50)51-29-33-54(71-5)34-30-51/h14-42H,6-13H2,1-5H3. The molecule has 1 saturated carbocycles. The lowest BCUT2D eigenvalue weighted by Crippen LogP contribution is -2.35. The summed E-state index contributed by atoms with van der Waals surface area (Å²) < 4.78 is 50.6. The van der Waals surface area contributed by atoms with Crippen LogP contribution in [-0.2, 0) is 11.0 Å². The molecule has 0 aromatic heterocycles. The van der Waals surface area contributed by atoms with Crippen molar-refractivity contribution in [2.75, 3.05) is 14.2 Å². The van der Waals surface area contributed by atoms with Gasteiger partial charge in [-0.3, -0.25) is 4.79 Å². The Hall–Kier alpha value is -7.31. The molecule has 0 atom stereocenters. The molecule has 0 amide bonds. The van der Waals surface area contributed by atoms with Crippen molar-refractivity contribution in [3.8, 4) is 50.6 Å². The number of hydrogen-bond acceptors (Lipinski definition) is 4. The van der Waals surface area contributed by atoms with Crippen LogP contribution in [0.1, 0.15) is 127 Å². The minimum absolute atomic E-state index is 0.0445. The van der Waals surface area contributed by atoms with E-state index in [0.717, 1.165) is 73.2 Å². The minimum atomic E-state index is -1.17. The molecule has 6 heteroatoms. The van der Waals surface area contributed by atoms with Crippen LogP contribution in [0.4, 0.5) is 8.78 Å². The summed E-state index contributed by atoms with van der Waals surface area (Å²) in [5.74, 6) is 1.86. The van der Waals surface area contributed by atoms with Crippen molar-refractivity contribution in [2.24, 2.45) is 5.92 Å². The number of hydrogen-bond donors (Lipinski definition) is 0. The molecule has 362 valence electrons. The molecule has 2 aliphatic carbocycles. The van der Waals surface area contributed by atoms with Crippen molar-refractivity contribution >= 4 is 22.6 Å². The fraction of sp³-hybridized carbons (Fsp3) is 0.258. The first-order valence-corrected chi connectivity index (χ1v) is 25.7. The molecule has 3 aliphatic rings. The molecule has 0 saturated heterocycles. The largest absolute Gasteiger partial charge is 0.497 e. The molecule has 4 nitrogen and oxygen atoms in total. The van der Waals surface area contributed by atoms with Crippen LogP contribution in [0.3, 0.4) is 0 Å². The fourth-order valence-corrected chi connectivity index (χ4v) is 12.1. The first-order chi connectivity index (χ1) is 35.0. The van der Waals surface area contributed by atoms with Crippen LogP contribution in [0.5, 0.6) is 17.2 Å². The lowest BCUT2D eigenvalue weighted by molar-refractivity contribution is 0.103. The van der Waals surface area contributed by atoms with Gasteiger partial charge >= 0.3 is 0 Å². The van der Waals surface area contributed by atoms with E-state index in [4.69, 9.17) is 14.2 Å².